The minimum Gasteiger partial charge on any atom is -0.334 e. The number of carbonyl (C=O) groups excluding carboxylic acids is 3. The van der Waals surface area contributed by atoms with Gasteiger partial charge in [-0.25, -0.2) is 4.98 Å². The maximum Gasteiger partial charge on any atom is 0.282 e. The third-order valence-electron chi connectivity index (χ3n) is 7.37. The minimum atomic E-state index is -0.00768. The third-order valence-corrected chi connectivity index (χ3v) is 8.14. The van der Waals surface area contributed by atoms with Crippen LogP contribution >= 0.6 is 11.3 Å². The Hall–Kier alpha value is -3.56. The van der Waals surface area contributed by atoms with E-state index in [2.05, 4.69) is 16.0 Å². The van der Waals surface area contributed by atoms with Gasteiger partial charge in [-0.15, -0.1) is 11.3 Å². The van der Waals surface area contributed by atoms with E-state index in [1.165, 1.54) is 11.3 Å². The van der Waals surface area contributed by atoms with E-state index >= 15 is 0 Å². The van der Waals surface area contributed by atoms with E-state index in [1.54, 1.807) is 6.20 Å². The standard InChI is InChI=1S/C27H27N5O3S/c33-24-17-22(29-11-13-30(14-12-29)27(35)25-28-9-15-36-25)18-32(24)21-6-7-23-20(16-21)8-10-31(23)26(34)19-4-2-1-3-5-19/h1-7,9,15-16,22H,8,10-14,17-18H2. The van der Waals surface area contributed by atoms with E-state index < -0.39 is 0 Å². The average molecular weight is 502 g/mol. The molecule has 0 spiro atoms. The molecule has 0 bridgehead atoms. The molecule has 0 N–H and O–H groups in total. The molecule has 2 fully saturated rings. The Labute approximate surface area is 213 Å². The van der Waals surface area contributed by atoms with E-state index in [0.29, 0.717) is 43.2 Å². The average Bonchev–Trinajstić information content (AvgIpc) is 3.68. The van der Waals surface area contributed by atoms with E-state index in [0.717, 1.165) is 36.4 Å². The first-order chi connectivity index (χ1) is 17.6. The molecule has 6 rings (SSSR count). The van der Waals surface area contributed by atoms with E-state index in [-0.39, 0.29) is 23.8 Å². The predicted molar refractivity (Wildman–Crippen MR) is 139 cm³/mol. The molecule has 2 saturated heterocycles. The zero-order valence-corrected chi connectivity index (χ0v) is 20.7. The lowest BCUT2D eigenvalue weighted by Crippen LogP contribution is -2.52. The molecule has 1 unspecified atom stereocenters. The van der Waals surface area contributed by atoms with Gasteiger partial charge in [0.2, 0.25) is 5.91 Å². The first-order valence-electron chi connectivity index (χ1n) is 12.3. The van der Waals surface area contributed by atoms with Crippen molar-refractivity contribution < 1.29 is 14.4 Å². The van der Waals surface area contributed by atoms with Gasteiger partial charge < -0.3 is 14.7 Å². The molecule has 0 radical (unpaired) electrons. The van der Waals surface area contributed by atoms with Crippen LogP contribution in [0, 0.1) is 0 Å². The van der Waals surface area contributed by atoms with Crippen molar-refractivity contribution in [3.63, 3.8) is 0 Å². The zero-order chi connectivity index (χ0) is 24.6. The highest BCUT2D eigenvalue weighted by Crippen LogP contribution is 2.34. The number of rotatable bonds is 4. The summed E-state index contributed by atoms with van der Waals surface area (Å²) in [5.74, 6) is 0.120. The van der Waals surface area contributed by atoms with Crippen LogP contribution in [0.4, 0.5) is 11.4 Å². The Morgan fingerprint density at radius 1 is 0.944 bits per heavy atom. The van der Waals surface area contributed by atoms with Crippen molar-refractivity contribution in [2.75, 3.05) is 49.1 Å². The molecule has 1 aromatic heterocycles. The Kier molecular flexibility index (Phi) is 6.02. The van der Waals surface area contributed by atoms with Gasteiger partial charge in [0, 0.05) is 80.2 Å². The summed E-state index contributed by atoms with van der Waals surface area (Å²) >= 11 is 1.37. The summed E-state index contributed by atoms with van der Waals surface area (Å²) in [6.45, 7) is 4.09. The van der Waals surface area contributed by atoms with Crippen molar-refractivity contribution in [2.45, 2.75) is 18.9 Å². The summed E-state index contributed by atoms with van der Waals surface area (Å²) in [5.41, 5.74) is 3.60. The first-order valence-corrected chi connectivity index (χ1v) is 13.2. The molecule has 3 aliphatic rings. The highest BCUT2D eigenvalue weighted by molar-refractivity contribution is 7.11. The van der Waals surface area contributed by atoms with E-state index in [4.69, 9.17) is 0 Å². The number of carbonyl (C=O) groups is 3. The van der Waals surface area contributed by atoms with Gasteiger partial charge in [-0.1, -0.05) is 18.2 Å². The SMILES string of the molecule is O=C(c1nccs1)N1CCN(C2CC(=O)N(c3ccc4c(c3)CCN4C(=O)c3ccccc3)C2)CC1. The van der Waals surface area contributed by atoms with Gasteiger partial charge in [-0.05, 0) is 42.3 Å². The second kappa shape index (κ2) is 9.48. The lowest BCUT2D eigenvalue weighted by molar-refractivity contribution is -0.117. The van der Waals surface area contributed by atoms with Crippen LogP contribution in [0.3, 0.4) is 0 Å². The summed E-state index contributed by atoms with van der Waals surface area (Å²) in [5, 5.41) is 2.35. The summed E-state index contributed by atoms with van der Waals surface area (Å²) in [6.07, 6.45) is 2.92. The fraction of sp³-hybridized carbons (Fsp3) is 0.333. The molecule has 0 saturated carbocycles. The molecule has 8 nitrogen and oxygen atoms in total. The molecular weight excluding hydrogens is 474 g/mol. The van der Waals surface area contributed by atoms with Gasteiger partial charge >= 0.3 is 0 Å². The molecule has 0 aliphatic carbocycles. The van der Waals surface area contributed by atoms with Gasteiger partial charge in [0.1, 0.15) is 0 Å². The summed E-state index contributed by atoms with van der Waals surface area (Å²) < 4.78 is 0. The Bertz CT molecular complexity index is 1290. The van der Waals surface area contributed by atoms with Gasteiger partial charge in [-0.3, -0.25) is 19.3 Å². The largest absolute Gasteiger partial charge is 0.334 e. The van der Waals surface area contributed by atoms with Crippen molar-refractivity contribution in [1.82, 2.24) is 14.8 Å². The van der Waals surface area contributed by atoms with Gasteiger partial charge in [0.05, 0.1) is 0 Å². The smallest absolute Gasteiger partial charge is 0.282 e. The molecular formula is C27H27N5O3S. The maximum atomic E-state index is 13.0. The van der Waals surface area contributed by atoms with Crippen molar-refractivity contribution in [1.29, 1.82) is 0 Å². The molecule has 3 aromatic rings. The fourth-order valence-electron chi connectivity index (χ4n) is 5.44. The molecule has 3 amide bonds. The predicted octanol–water partition coefficient (Wildman–Crippen LogP) is 2.91. The van der Waals surface area contributed by atoms with Gasteiger partial charge in [0.15, 0.2) is 5.01 Å². The lowest BCUT2D eigenvalue weighted by atomic mass is 10.1. The van der Waals surface area contributed by atoms with Crippen LogP contribution in [0.5, 0.6) is 0 Å². The molecule has 3 aliphatic heterocycles. The number of anilines is 2. The lowest BCUT2D eigenvalue weighted by Gasteiger charge is -2.37. The van der Waals surface area contributed by atoms with Gasteiger partial charge in [-0.2, -0.15) is 0 Å². The zero-order valence-electron chi connectivity index (χ0n) is 19.9. The number of hydrogen-bond donors (Lipinski definition) is 0. The van der Waals surface area contributed by atoms with Crippen LogP contribution in [0.2, 0.25) is 0 Å². The molecule has 184 valence electrons. The van der Waals surface area contributed by atoms with Crippen molar-refractivity contribution in [3.05, 3.63) is 76.2 Å². The van der Waals surface area contributed by atoms with Crippen molar-refractivity contribution >= 4 is 40.4 Å². The van der Waals surface area contributed by atoms with Gasteiger partial charge in [0.25, 0.3) is 11.8 Å². The molecule has 9 heteroatoms. The van der Waals surface area contributed by atoms with Crippen LogP contribution in [0.15, 0.2) is 60.1 Å². The van der Waals surface area contributed by atoms with Crippen LogP contribution in [-0.2, 0) is 11.2 Å². The first kappa shape index (κ1) is 22.9. The van der Waals surface area contributed by atoms with Crippen molar-refractivity contribution in [2.24, 2.45) is 0 Å². The fourth-order valence-corrected chi connectivity index (χ4v) is 6.04. The normalized spacial score (nSPS) is 20.2. The molecule has 36 heavy (non-hydrogen) atoms. The summed E-state index contributed by atoms with van der Waals surface area (Å²) in [4.78, 5) is 50.6. The summed E-state index contributed by atoms with van der Waals surface area (Å²) in [6, 6.07) is 15.5. The molecule has 4 heterocycles. The molecule has 2 aromatic carbocycles. The highest BCUT2D eigenvalue weighted by Gasteiger charge is 2.37. The van der Waals surface area contributed by atoms with Crippen LogP contribution in [0.25, 0.3) is 0 Å². The number of thiazole rings is 1. The number of hydrogen-bond acceptors (Lipinski definition) is 6. The number of aromatic nitrogens is 1. The third kappa shape index (κ3) is 4.18. The van der Waals surface area contributed by atoms with Crippen molar-refractivity contribution in [3.8, 4) is 0 Å². The number of fused-ring (bicyclic) bond motifs is 1. The number of nitrogens with zero attached hydrogens (tertiary/aromatic N) is 5. The van der Waals surface area contributed by atoms with Crippen LogP contribution in [-0.4, -0.2) is 77.8 Å². The summed E-state index contributed by atoms with van der Waals surface area (Å²) in [7, 11) is 0. The second-order valence-corrected chi connectivity index (χ2v) is 10.3. The topological polar surface area (TPSA) is 77.1 Å². The molecule has 1 atom stereocenters. The number of amides is 3. The quantitative estimate of drug-likeness (QED) is 0.550. The van der Waals surface area contributed by atoms with Crippen LogP contribution < -0.4 is 9.80 Å². The van der Waals surface area contributed by atoms with Crippen LogP contribution in [0.1, 0.15) is 32.1 Å². The second-order valence-electron chi connectivity index (χ2n) is 9.41. The number of benzene rings is 2. The Morgan fingerprint density at radius 2 is 1.75 bits per heavy atom. The Balaban J connectivity index is 1.10. The van der Waals surface area contributed by atoms with E-state index in [1.807, 2.05) is 62.5 Å². The van der Waals surface area contributed by atoms with E-state index in [9.17, 15) is 14.4 Å². The highest BCUT2D eigenvalue weighted by atomic mass is 32.1. The Morgan fingerprint density at radius 3 is 2.50 bits per heavy atom. The minimum absolute atomic E-state index is 0.00639. The monoisotopic (exact) mass is 501 g/mol. The number of piperazine rings is 1. The maximum absolute atomic E-state index is 13.0.